The normalized spacial score (nSPS) is 19.1. The SMILES string of the molecule is CCOC(=O)CC1CCc2c(F)ccc(F)c2C1S(=O)(=O)c1ccc(Cl)cc1. The van der Waals surface area contributed by atoms with E-state index in [0.717, 1.165) is 12.1 Å². The van der Waals surface area contributed by atoms with Crippen molar-refractivity contribution in [1.82, 2.24) is 0 Å². The van der Waals surface area contributed by atoms with Crippen molar-refractivity contribution in [3.63, 3.8) is 0 Å². The van der Waals surface area contributed by atoms with Gasteiger partial charge in [-0.25, -0.2) is 17.2 Å². The number of halogens is 3. The van der Waals surface area contributed by atoms with Gasteiger partial charge in [-0.2, -0.15) is 0 Å². The fourth-order valence-corrected chi connectivity index (χ4v) is 5.95. The van der Waals surface area contributed by atoms with E-state index in [9.17, 15) is 22.0 Å². The van der Waals surface area contributed by atoms with E-state index in [4.69, 9.17) is 16.3 Å². The number of ether oxygens (including phenoxy) is 1. The van der Waals surface area contributed by atoms with Gasteiger partial charge in [-0.05, 0) is 67.6 Å². The lowest BCUT2D eigenvalue weighted by molar-refractivity contribution is -0.144. The maximum Gasteiger partial charge on any atom is 0.306 e. The first kappa shape index (κ1) is 20.7. The van der Waals surface area contributed by atoms with Crippen LogP contribution in [0.15, 0.2) is 41.3 Å². The summed E-state index contributed by atoms with van der Waals surface area (Å²) in [4.78, 5) is 12.0. The Bertz CT molecular complexity index is 990. The lowest BCUT2D eigenvalue weighted by Gasteiger charge is -2.33. The summed E-state index contributed by atoms with van der Waals surface area (Å²) in [5.41, 5.74) is -0.154. The number of hydrogen-bond donors (Lipinski definition) is 0. The number of benzene rings is 2. The average molecular weight is 429 g/mol. The van der Waals surface area contributed by atoms with Crippen LogP contribution in [0.1, 0.15) is 36.1 Å². The summed E-state index contributed by atoms with van der Waals surface area (Å²) in [6.45, 7) is 1.80. The fourth-order valence-electron chi connectivity index (χ4n) is 3.71. The predicted molar refractivity (Wildman–Crippen MR) is 101 cm³/mol. The largest absolute Gasteiger partial charge is 0.466 e. The minimum absolute atomic E-state index is 0.0441. The monoisotopic (exact) mass is 428 g/mol. The van der Waals surface area contributed by atoms with Crippen molar-refractivity contribution in [2.45, 2.75) is 36.3 Å². The molecule has 0 aromatic heterocycles. The molecule has 4 nitrogen and oxygen atoms in total. The zero-order valence-corrected chi connectivity index (χ0v) is 16.7. The molecule has 0 heterocycles. The molecule has 0 aliphatic heterocycles. The average Bonchev–Trinajstić information content (AvgIpc) is 2.65. The first-order valence-corrected chi connectivity index (χ1v) is 10.8. The standard InChI is InChI=1S/C20H19ClF2O4S/c1-2-27-18(24)11-12-3-8-15-16(22)9-10-17(23)19(15)20(12)28(25,26)14-6-4-13(21)5-7-14/h4-7,9-10,12,20H,2-3,8,11H2,1H3. The summed E-state index contributed by atoms with van der Waals surface area (Å²) in [5.74, 6) is -2.75. The van der Waals surface area contributed by atoms with Gasteiger partial charge in [0, 0.05) is 17.0 Å². The van der Waals surface area contributed by atoms with E-state index in [1.807, 2.05) is 0 Å². The molecular weight excluding hydrogens is 410 g/mol. The van der Waals surface area contributed by atoms with Gasteiger partial charge in [0.15, 0.2) is 9.84 Å². The highest BCUT2D eigenvalue weighted by molar-refractivity contribution is 7.91. The maximum absolute atomic E-state index is 14.7. The van der Waals surface area contributed by atoms with E-state index >= 15 is 0 Å². The summed E-state index contributed by atoms with van der Waals surface area (Å²) in [6, 6.07) is 7.40. The molecule has 0 amide bonds. The number of rotatable bonds is 5. The molecule has 2 unspecified atom stereocenters. The molecule has 28 heavy (non-hydrogen) atoms. The minimum Gasteiger partial charge on any atom is -0.466 e. The highest BCUT2D eigenvalue weighted by atomic mass is 35.5. The molecule has 0 saturated carbocycles. The summed E-state index contributed by atoms with van der Waals surface area (Å²) in [7, 11) is -4.11. The van der Waals surface area contributed by atoms with Gasteiger partial charge in [-0.1, -0.05) is 11.6 Å². The van der Waals surface area contributed by atoms with E-state index in [1.165, 1.54) is 24.3 Å². The molecule has 0 radical (unpaired) electrons. The molecule has 0 spiro atoms. The molecule has 2 aromatic rings. The van der Waals surface area contributed by atoms with Crippen molar-refractivity contribution in [3.05, 3.63) is 64.2 Å². The summed E-state index contributed by atoms with van der Waals surface area (Å²) < 4.78 is 60.7. The van der Waals surface area contributed by atoms with Crippen LogP contribution in [0.3, 0.4) is 0 Å². The molecule has 8 heteroatoms. The van der Waals surface area contributed by atoms with Gasteiger partial charge in [0.25, 0.3) is 0 Å². The molecule has 1 aliphatic rings. The molecule has 0 N–H and O–H groups in total. The summed E-state index contributed by atoms with van der Waals surface area (Å²) in [5, 5.41) is -1.04. The molecular formula is C20H19ClF2O4S. The summed E-state index contributed by atoms with van der Waals surface area (Å²) in [6.07, 6.45) is 0.181. The summed E-state index contributed by atoms with van der Waals surface area (Å²) >= 11 is 5.84. The lowest BCUT2D eigenvalue weighted by Crippen LogP contribution is -2.31. The Kier molecular flexibility index (Phi) is 6.05. The molecule has 0 fully saturated rings. The first-order valence-electron chi connectivity index (χ1n) is 8.87. The van der Waals surface area contributed by atoms with Crippen LogP contribution < -0.4 is 0 Å². The smallest absolute Gasteiger partial charge is 0.306 e. The molecule has 1 aliphatic carbocycles. The number of esters is 1. The van der Waals surface area contributed by atoms with Crippen LogP contribution in [0.4, 0.5) is 8.78 Å². The molecule has 0 saturated heterocycles. The number of carbonyl (C=O) groups excluding carboxylic acids is 1. The maximum atomic E-state index is 14.7. The van der Waals surface area contributed by atoms with Crippen LogP contribution >= 0.6 is 11.6 Å². The van der Waals surface area contributed by atoms with Gasteiger partial charge in [-0.15, -0.1) is 0 Å². The molecule has 2 aromatic carbocycles. The van der Waals surface area contributed by atoms with E-state index < -0.39 is 38.6 Å². The highest BCUT2D eigenvalue weighted by Gasteiger charge is 2.43. The number of hydrogen-bond acceptors (Lipinski definition) is 4. The van der Waals surface area contributed by atoms with Crippen LogP contribution in [0.2, 0.25) is 5.02 Å². The second kappa shape index (κ2) is 8.17. The van der Waals surface area contributed by atoms with Crippen molar-refractivity contribution in [2.24, 2.45) is 5.92 Å². The number of carbonyl (C=O) groups is 1. The first-order chi connectivity index (χ1) is 13.3. The zero-order chi connectivity index (χ0) is 20.5. The number of fused-ring (bicyclic) bond motifs is 1. The van der Waals surface area contributed by atoms with E-state index in [2.05, 4.69) is 0 Å². The predicted octanol–water partition coefficient (Wildman–Crippen LogP) is 4.65. The van der Waals surface area contributed by atoms with Gasteiger partial charge in [0.2, 0.25) is 0 Å². The highest BCUT2D eigenvalue weighted by Crippen LogP contribution is 2.46. The second-order valence-electron chi connectivity index (χ2n) is 6.65. The van der Waals surface area contributed by atoms with Crippen LogP contribution in [0.5, 0.6) is 0 Å². The topological polar surface area (TPSA) is 60.4 Å². The fraction of sp³-hybridized carbons (Fsp3) is 0.350. The Hall–Kier alpha value is -1.99. The van der Waals surface area contributed by atoms with Crippen LogP contribution in [-0.2, 0) is 25.8 Å². The van der Waals surface area contributed by atoms with E-state index in [1.54, 1.807) is 6.92 Å². The second-order valence-corrected chi connectivity index (χ2v) is 9.15. The van der Waals surface area contributed by atoms with Crippen molar-refractivity contribution in [2.75, 3.05) is 6.61 Å². The Morgan fingerprint density at radius 2 is 1.79 bits per heavy atom. The third kappa shape index (κ3) is 3.91. The quantitative estimate of drug-likeness (QED) is 0.650. The minimum atomic E-state index is -4.11. The van der Waals surface area contributed by atoms with E-state index in [-0.39, 0.29) is 41.9 Å². The third-order valence-corrected chi connectivity index (χ3v) is 7.41. The third-order valence-electron chi connectivity index (χ3n) is 4.94. The van der Waals surface area contributed by atoms with Gasteiger partial charge in [0.1, 0.15) is 11.6 Å². The molecule has 150 valence electrons. The van der Waals surface area contributed by atoms with Crippen molar-refractivity contribution in [1.29, 1.82) is 0 Å². The van der Waals surface area contributed by atoms with Gasteiger partial charge < -0.3 is 4.74 Å². The molecule has 0 bridgehead atoms. The Balaban J connectivity index is 2.15. The van der Waals surface area contributed by atoms with E-state index in [0.29, 0.717) is 5.02 Å². The van der Waals surface area contributed by atoms with Crippen LogP contribution in [0, 0.1) is 17.6 Å². The van der Waals surface area contributed by atoms with Crippen molar-refractivity contribution in [3.8, 4) is 0 Å². The van der Waals surface area contributed by atoms with Gasteiger partial charge in [0.05, 0.1) is 16.8 Å². The van der Waals surface area contributed by atoms with Crippen LogP contribution in [0.25, 0.3) is 0 Å². The Morgan fingerprint density at radius 1 is 1.14 bits per heavy atom. The Morgan fingerprint density at radius 3 is 2.43 bits per heavy atom. The lowest BCUT2D eigenvalue weighted by atomic mass is 9.81. The van der Waals surface area contributed by atoms with Crippen molar-refractivity contribution >= 4 is 27.4 Å². The number of sulfone groups is 1. The van der Waals surface area contributed by atoms with Crippen molar-refractivity contribution < 1.29 is 26.7 Å². The Labute approximate surface area is 167 Å². The van der Waals surface area contributed by atoms with Gasteiger partial charge >= 0.3 is 5.97 Å². The van der Waals surface area contributed by atoms with Crippen LogP contribution in [-0.4, -0.2) is 21.0 Å². The van der Waals surface area contributed by atoms with Gasteiger partial charge in [-0.3, -0.25) is 4.79 Å². The molecule has 2 atom stereocenters. The zero-order valence-electron chi connectivity index (χ0n) is 15.1. The molecule has 3 rings (SSSR count).